The van der Waals surface area contributed by atoms with Gasteiger partial charge in [0, 0.05) is 12.6 Å². The Morgan fingerprint density at radius 2 is 1.77 bits per heavy atom. The van der Waals surface area contributed by atoms with E-state index in [2.05, 4.69) is 21.2 Å². The molecule has 2 amide bonds. The number of benzene rings is 3. The fourth-order valence-electron chi connectivity index (χ4n) is 3.74. The molecule has 0 spiro atoms. The molecular weight excluding hydrogens is 551 g/mol. The van der Waals surface area contributed by atoms with Crippen LogP contribution in [0, 0.1) is 0 Å². The zero-order chi connectivity index (χ0) is 25.5. The van der Waals surface area contributed by atoms with Gasteiger partial charge in [-0.05, 0) is 70.2 Å². The number of amides is 2. The highest BCUT2D eigenvalue weighted by Gasteiger charge is 2.29. The molecule has 0 saturated carbocycles. The first-order chi connectivity index (χ1) is 16.7. The van der Waals surface area contributed by atoms with Crippen molar-refractivity contribution in [1.29, 1.82) is 0 Å². The first-order valence-electron chi connectivity index (χ1n) is 11.6. The summed E-state index contributed by atoms with van der Waals surface area (Å²) in [6.45, 7) is 5.81. The summed E-state index contributed by atoms with van der Waals surface area (Å²) in [6, 6.07) is 16.2. The van der Waals surface area contributed by atoms with Crippen molar-refractivity contribution in [3.63, 3.8) is 0 Å². The fraction of sp³-hybridized carbons (Fsp3) is 0.333. The van der Waals surface area contributed by atoms with Crippen molar-refractivity contribution in [2.24, 2.45) is 0 Å². The summed E-state index contributed by atoms with van der Waals surface area (Å²) >= 11 is 15.9. The molecule has 0 aromatic heterocycles. The van der Waals surface area contributed by atoms with Crippen LogP contribution in [0.3, 0.4) is 0 Å². The van der Waals surface area contributed by atoms with Gasteiger partial charge >= 0.3 is 0 Å². The van der Waals surface area contributed by atoms with E-state index < -0.39 is 6.04 Å². The van der Waals surface area contributed by atoms with Gasteiger partial charge in [0.2, 0.25) is 5.91 Å². The second kappa shape index (κ2) is 12.6. The summed E-state index contributed by atoms with van der Waals surface area (Å²) in [5.74, 6) is 0.0630. The lowest BCUT2D eigenvalue weighted by Gasteiger charge is -2.31. The second-order valence-electron chi connectivity index (χ2n) is 8.40. The highest BCUT2D eigenvalue weighted by Crippen LogP contribution is 2.33. The maximum Gasteiger partial charge on any atom is 0.261 e. The van der Waals surface area contributed by atoms with E-state index in [0.29, 0.717) is 22.2 Å². The maximum absolute atomic E-state index is 13.5. The lowest BCUT2D eigenvalue weighted by Crippen LogP contribution is -2.51. The molecule has 0 bridgehead atoms. The van der Waals surface area contributed by atoms with Crippen LogP contribution in [-0.4, -0.2) is 35.4 Å². The predicted molar refractivity (Wildman–Crippen MR) is 146 cm³/mol. The van der Waals surface area contributed by atoms with Gasteiger partial charge in [0.25, 0.3) is 5.91 Å². The number of rotatable bonds is 10. The third kappa shape index (κ3) is 6.90. The van der Waals surface area contributed by atoms with E-state index in [1.165, 1.54) is 0 Å². The molecule has 2 atom stereocenters. The van der Waals surface area contributed by atoms with Crippen LogP contribution in [0.1, 0.15) is 39.2 Å². The van der Waals surface area contributed by atoms with Crippen LogP contribution in [0.25, 0.3) is 10.8 Å². The lowest BCUT2D eigenvalue weighted by atomic mass is 10.1. The van der Waals surface area contributed by atoms with Crippen molar-refractivity contribution in [1.82, 2.24) is 10.2 Å². The number of carbonyl (C=O) groups excluding carboxylic acids is 2. The molecule has 3 rings (SSSR count). The number of hydrogen-bond donors (Lipinski definition) is 1. The molecule has 35 heavy (non-hydrogen) atoms. The third-order valence-electron chi connectivity index (χ3n) is 5.90. The van der Waals surface area contributed by atoms with Crippen LogP contribution < -0.4 is 10.1 Å². The molecule has 0 fully saturated rings. The molecule has 0 aliphatic rings. The van der Waals surface area contributed by atoms with Gasteiger partial charge in [-0.25, -0.2) is 0 Å². The first-order valence-corrected chi connectivity index (χ1v) is 13.1. The summed E-state index contributed by atoms with van der Waals surface area (Å²) in [7, 11) is 0. The zero-order valence-electron chi connectivity index (χ0n) is 20.0. The van der Waals surface area contributed by atoms with Gasteiger partial charge in [-0.1, -0.05) is 73.4 Å². The predicted octanol–water partition coefficient (Wildman–Crippen LogP) is 7.01. The minimum atomic E-state index is -0.658. The molecule has 3 aromatic carbocycles. The molecule has 0 radical (unpaired) electrons. The molecule has 0 aliphatic carbocycles. The van der Waals surface area contributed by atoms with Crippen molar-refractivity contribution in [2.45, 2.75) is 52.2 Å². The quantitative estimate of drug-likeness (QED) is 0.281. The molecule has 186 valence electrons. The standard InChI is InChI=1S/C27H29BrCl2N2O3/c1-4-17(3)31-27(34)23(5-2)32(15-18-10-12-21(29)22(30)14-18)25(33)16-35-24-13-11-19-8-6-7-9-20(19)26(24)28/h6-14,17,23H,4-5,15-16H2,1-3H3,(H,31,34)/t17-,23-/m1/s1. The zero-order valence-corrected chi connectivity index (χ0v) is 23.1. The molecule has 3 aromatic rings. The Morgan fingerprint density at radius 3 is 2.46 bits per heavy atom. The molecule has 0 heterocycles. The SMILES string of the molecule is CC[C@@H](C)NC(=O)[C@@H](CC)N(Cc1ccc(Cl)c(Cl)c1)C(=O)COc1ccc2ccccc2c1Br. The number of carbonyl (C=O) groups is 2. The monoisotopic (exact) mass is 578 g/mol. The summed E-state index contributed by atoms with van der Waals surface area (Å²) in [4.78, 5) is 28.1. The van der Waals surface area contributed by atoms with Gasteiger partial charge in [0.15, 0.2) is 6.61 Å². The minimum absolute atomic E-state index is 0.00304. The van der Waals surface area contributed by atoms with Crippen molar-refractivity contribution in [3.8, 4) is 5.75 Å². The van der Waals surface area contributed by atoms with Gasteiger partial charge < -0.3 is 15.0 Å². The fourth-order valence-corrected chi connectivity index (χ4v) is 4.67. The van der Waals surface area contributed by atoms with Gasteiger partial charge in [-0.2, -0.15) is 0 Å². The van der Waals surface area contributed by atoms with Crippen LogP contribution in [0.15, 0.2) is 59.1 Å². The maximum atomic E-state index is 13.5. The largest absolute Gasteiger partial charge is 0.483 e. The Kier molecular flexibility index (Phi) is 9.84. The molecule has 0 unspecified atom stereocenters. The summed E-state index contributed by atoms with van der Waals surface area (Å²) in [5.41, 5.74) is 0.773. The van der Waals surface area contributed by atoms with Crippen LogP contribution in [0.5, 0.6) is 5.75 Å². The minimum Gasteiger partial charge on any atom is -0.483 e. The van der Waals surface area contributed by atoms with Crippen molar-refractivity contribution in [2.75, 3.05) is 6.61 Å². The highest BCUT2D eigenvalue weighted by atomic mass is 79.9. The third-order valence-corrected chi connectivity index (χ3v) is 7.46. The van der Waals surface area contributed by atoms with Gasteiger partial charge in [-0.15, -0.1) is 0 Å². The average Bonchev–Trinajstić information content (AvgIpc) is 2.85. The Hall–Kier alpha value is -2.28. The van der Waals surface area contributed by atoms with Crippen LogP contribution >= 0.6 is 39.1 Å². The van der Waals surface area contributed by atoms with Crippen molar-refractivity contribution >= 4 is 61.7 Å². The molecular formula is C27H29BrCl2N2O3. The molecule has 8 heteroatoms. The van der Waals surface area contributed by atoms with E-state index >= 15 is 0 Å². The Bertz CT molecular complexity index is 1200. The van der Waals surface area contributed by atoms with Gasteiger partial charge in [0.1, 0.15) is 11.8 Å². The van der Waals surface area contributed by atoms with E-state index in [1.54, 1.807) is 23.1 Å². The topological polar surface area (TPSA) is 58.6 Å². The van der Waals surface area contributed by atoms with E-state index in [1.807, 2.05) is 57.2 Å². The van der Waals surface area contributed by atoms with E-state index in [9.17, 15) is 9.59 Å². The van der Waals surface area contributed by atoms with Crippen LogP contribution in [0.2, 0.25) is 10.0 Å². The molecule has 0 saturated heterocycles. The van der Waals surface area contributed by atoms with Crippen molar-refractivity contribution < 1.29 is 14.3 Å². The molecule has 1 N–H and O–H groups in total. The van der Waals surface area contributed by atoms with E-state index in [0.717, 1.165) is 27.2 Å². The smallest absolute Gasteiger partial charge is 0.261 e. The average molecular weight is 580 g/mol. The van der Waals surface area contributed by atoms with Gasteiger partial charge in [-0.3, -0.25) is 9.59 Å². The second-order valence-corrected chi connectivity index (χ2v) is 10.0. The highest BCUT2D eigenvalue weighted by molar-refractivity contribution is 9.10. The van der Waals surface area contributed by atoms with E-state index in [4.69, 9.17) is 27.9 Å². The number of nitrogens with zero attached hydrogens (tertiary/aromatic N) is 1. The van der Waals surface area contributed by atoms with Crippen molar-refractivity contribution in [3.05, 3.63) is 74.7 Å². The van der Waals surface area contributed by atoms with Crippen LogP contribution in [0.4, 0.5) is 0 Å². The number of hydrogen-bond acceptors (Lipinski definition) is 3. The number of ether oxygens (including phenoxy) is 1. The number of nitrogens with one attached hydrogen (secondary N) is 1. The Balaban J connectivity index is 1.85. The van der Waals surface area contributed by atoms with Gasteiger partial charge in [0.05, 0.1) is 14.5 Å². The molecule has 5 nitrogen and oxygen atoms in total. The summed E-state index contributed by atoms with van der Waals surface area (Å²) in [6.07, 6.45) is 1.25. The Morgan fingerprint density at radius 1 is 1.03 bits per heavy atom. The Labute approximate surface area is 224 Å². The summed E-state index contributed by atoms with van der Waals surface area (Å²) < 4.78 is 6.71. The number of halogens is 3. The normalized spacial score (nSPS) is 12.7. The van der Waals surface area contributed by atoms with Crippen LogP contribution in [-0.2, 0) is 16.1 Å². The van der Waals surface area contributed by atoms with E-state index in [-0.39, 0.29) is 31.0 Å². The number of fused-ring (bicyclic) bond motifs is 1. The summed E-state index contributed by atoms with van der Waals surface area (Å²) in [5, 5.41) is 5.87. The lowest BCUT2D eigenvalue weighted by molar-refractivity contribution is -0.143. The molecule has 0 aliphatic heterocycles. The first kappa shape index (κ1) is 27.3.